The number of aromatic nitrogens is 3. The van der Waals surface area contributed by atoms with Gasteiger partial charge in [0.1, 0.15) is 18.0 Å². The van der Waals surface area contributed by atoms with E-state index in [1.165, 1.54) is 6.33 Å². The molecule has 0 spiro atoms. The molecule has 2 N–H and O–H groups in total. The molecule has 0 radical (unpaired) electrons. The lowest BCUT2D eigenvalue weighted by molar-refractivity contribution is 0.482. The molecule has 27 heavy (non-hydrogen) atoms. The molecule has 8 heteroatoms. The van der Waals surface area contributed by atoms with Crippen LogP contribution in [0.2, 0.25) is 0 Å². The van der Waals surface area contributed by atoms with Crippen LogP contribution < -0.4 is 10.6 Å². The zero-order valence-corrected chi connectivity index (χ0v) is 14.2. The number of nitrogens with zero attached hydrogens (tertiary/aromatic N) is 4. The fraction of sp³-hybridized carbons (Fsp3) is 0.211. The van der Waals surface area contributed by atoms with Crippen LogP contribution in [-0.2, 0) is 0 Å². The van der Waals surface area contributed by atoms with Gasteiger partial charge in [0, 0.05) is 55.1 Å². The Labute approximate surface area is 153 Å². The van der Waals surface area contributed by atoms with Crippen molar-refractivity contribution in [2.75, 3.05) is 18.0 Å². The molecule has 2 atom stereocenters. The second-order valence-corrected chi connectivity index (χ2v) is 6.47. The first-order valence-electron chi connectivity index (χ1n) is 8.40. The van der Waals surface area contributed by atoms with Crippen LogP contribution >= 0.6 is 0 Å². The summed E-state index contributed by atoms with van der Waals surface area (Å²) in [5.41, 5.74) is 7.78. The Morgan fingerprint density at radius 2 is 1.81 bits per heavy atom. The van der Waals surface area contributed by atoms with Crippen molar-refractivity contribution in [3.8, 4) is 11.3 Å². The van der Waals surface area contributed by atoms with Crippen LogP contribution in [0, 0.1) is 17.5 Å². The molecule has 4 rings (SSSR count). The molecule has 0 aliphatic carbocycles. The van der Waals surface area contributed by atoms with Crippen molar-refractivity contribution < 1.29 is 13.2 Å². The van der Waals surface area contributed by atoms with E-state index in [4.69, 9.17) is 5.73 Å². The Hall–Kier alpha value is -3.00. The third kappa shape index (κ3) is 3.35. The highest BCUT2D eigenvalue weighted by Crippen LogP contribution is 2.32. The summed E-state index contributed by atoms with van der Waals surface area (Å²) in [6.45, 7) is 0.749. The Kier molecular flexibility index (Phi) is 4.49. The minimum atomic E-state index is -1.21. The summed E-state index contributed by atoms with van der Waals surface area (Å²) in [4.78, 5) is 14.5. The molecule has 0 bridgehead atoms. The largest absolute Gasteiger partial charge is 0.354 e. The van der Waals surface area contributed by atoms with Gasteiger partial charge in [-0.3, -0.25) is 4.98 Å². The molecule has 2 aromatic heterocycles. The third-order valence-corrected chi connectivity index (χ3v) is 4.74. The molecule has 1 aromatic carbocycles. The van der Waals surface area contributed by atoms with Gasteiger partial charge >= 0.3 is 0 Å². The minimum absolute atomic E-state index is 0.0745. The second-order valence-electron chi connectivity index (χ2n) is 6.47. The molecule has 1 aliphatic rings. The number of rotatable bonds is 3. The standard InChI is InChI=1S/C19H16F3N5/c20-14-5-16(22)15(21)4-12(14)13-8-27(9-17(13)23)19-6-18(25-10-26-19)11-2-1-3-24-7-11/h1-7,10,13,17H,8-9,23H2/t13-,17+/m1/s1. The first-order chi connectivity index (χ1) is 13.0. The smallest absolute Gasteiger partial charge is 0.161 e. The van der Waals surface area contributed by atoms with Crippen molar-refractivity contribution >= 4 is 5.82 Å². The molecule has 0 amide bonds. The lowest BCUT2D eigenvalue weighted by atomic mass is 9.94. The van der Waals surface area contributed by atoms with E-state index in [0.29, 0.717) is 30.7 Å². The summed E-state index contributed by atoms with van der Waals surface area (Å²) in [6.07, 6.45) is 4.81. The number of anilines is 1. The topological polar surface area (TPSA) is 67.9 Å². The number of hydrogen-bond acceptors (Lipinski definition) is 5. The van der Waals surface area contributed by atoms with Crippen LogP contribution in [0.15, 0.2) is 49.1 Å². The quantitative estimate of drug-likeness (QED) is 0.717. The first-order valence-corrected chi connectivity index (χ1v) is 8.40. The van der Waals surface area contributed by atoms with Crippen LogP contribution in [0.5, 0.6) is 0 Å². The van der Waals surface area contributed by atoms with Gasteiger partial charge in [0.2, 0.25) is 0 Å². The van der Waals surface area contributed by atoms with Crippen LogP contribution in [-0.4, -0.2) is 34.1 Å². The minimum Gasteiger partial charge on any atom is -0.354 e. The molecule has 3 aromatic rings. The third-order valence-electron chi connectivity index (χ3n) is 4.74. The number of hydrogen-bond donors (Lipinski definition) is 1. The van der Waals surface area contributed by atoms with Crippen LogP contribution in [0.1, 0.15) is 11.5 Å². The fourth-order valence-corrected chi connectivity index (χ4v) is 3.36. The highest BCUT2D eigenvalue weighted by molar-refractivity contribution is 5.61. The van der Waals surface area contributed by atoms with Gasteiger partial charge in [0.05, 0.1) is 5.69 Å². The molecule has 3 heterocycles. The van der Waals surface area contributed by atoms with E-state index < -0.39 is 29.4 Å². The number of nitrogens with two attached hydrogens (primary N) is 1. The number of pyridine rings is 1. The van der Waals surface area contributed by atoms with E-state index in [-0.39, 0.29) is 5.56 Å². The SMILES string of the molecule is N[C@H]1CN(c2cc(-c3cccnc3)ncn2)C[C@@H]1c1cc(F)c(F)cc1F. The van der Waals surface area contributed by atoms with Gasteiger partial charge in [0.25, 0.3) is 0 Å². The summed E-state index contributed by atoms with van der Waals surface area (Å²) in [7, 11) is 0. The van der Waals surface area contributed by atoms with E-state index in [1.807, 2.05) is 17.0 Å². The Morgan fingerprint density at radius 3 is 2.59 bits per heavy atom. The summed E-state index contributed by atoms with van der Waals surface area (Å²) in [5.74, 6) is -2.94. The van der Waals surface area contributed by atoms with Gasteiger partial charge < -0.3 is 10.6 Å². The van der Waals surface area contributed by atoms with Crippen molar-refractivity contribution in [2.24, 2.45) is 5.73 Å². The summed E-state index contributed by atoms with van der Waals surface area (Å²) >= 11 is 0. The monoisotopic (exact) mass is 371 g/mol. The van der Waals surface area contributed by atoms with Gasteiger partial charge in [-0.05, 0) is 23.8 Å². The molecule has 138 valence electrons. The summed E-state index contributed by atoms with van der Waals surface area (Å²) in [5, 5.41) is 0. The number of halogens is 3. The highest BCUT2D eigenvalue weighted by atomic mass is 19.2. The zero-order valence-electron chi connectivity index (χ0n) is 14.2. The molecule has 1 saturated heterocycles. The maximum absolute atomic E-state index is 14.2. The van der Waals surface area contributed by atoms with Gasteiger partial charge in [-0.15, -0.1) is 0 Å². The van der Waals surface area contributed by atoms with Crippen LogP contribution in [0.3, 0.4) is 0 Å². The maximum Gasteiger partial charge on any atom is 0.161 e. The van der Waals surface area contributed by atoms with Gasteiger partial charge in [0.15, 0.2) is 11.6 Å². The average molecular weight is 371 g/mol. The molecular weight excluding hydrogens is 355 g/mol. The summed E-state index contributed by atoms with van der Waals surface area (Å²) in [6, 6.07) is 6.50. The molecule has 0 saturated carbocycles. The zero-order chi connectivity index (χ0) is 19.0. The van der Waals surface area contributed by atoms with Crippen molar-refractivity contribution in [2.45, 2.75) is 12.0 Å². The summed E-state index contributed by atoms with van der Waals surface area (Å²) < 4.78 is 40.9. The van der Waals surface area contributed by atoms with Crippen molar-refractivity contribution in [1.29, 1.82) is 0 Å². The van der Waals surface area contributed by atoms with Crippen molar-refractivity contribution in [3.63, 3.8) is 0 Å². The Balaban J connectivity index is 1.62. The molecule has 0 unspecified atom stereocenters. The van der Waals surface area contributed by atoms with Gasteiger partial charge in [-0.1, -0.05) is 0 Å². The molecule has 1 fully saturated rings. The molecular formula is C19H16F3N5. The lowest BCUT2D eigenvalue weighted by Gasteiger charge is -2.18. The molecule has 1 aliphatic heterocycles. The van der Waals surface area contributed by atoms with E-state index in [2.05, 4.69) is 15.0 Å². The van der Waals surface area contributed by atoms with Crippen molar-refractivity contribution in [3.05, 3.63) is 72.1 Å². The van der Waals surface area contributed by atoms with E-state index in [0.717, 1.165) is 11.6 Å². The normalized spacial score (nSPS) is 19.5. The van der Waals surface area contributed by atoms with Crippen molar-refractivity contribution in [1.82, 2.24) is 15.0 Å². The Morgan fingerprint density at radius 1 is 1.00 bits per heavy atom. The lowest BCUT2D eigenvalue weighted by Crippen LogP contribution is -2.29. The maximum atomic E-state index is 14.2. The predicted molar refractivity (Wildman–Crippen MR) is 94.5 cm³/mol. The second kappa shape index (κ2) is 6.96. The van der Waals surface area contributed by atoms with E-state index in [9.17, 15) is 13.2 Å². The van der Waals surface area contributed by atoms with Gasteiger partial charge in [-0.25, -0.2) is 23.1 Å². The fourth-order valence-electron chi connectivity index (χ4n) is 3.36. The highest BCUT2D eigenvalue weighted by Gasteiger charge is 2.34. The van der Waals surface area contributed by atoms with Crippen LogP contribution in [0.4, 0.5) is 19.0 Å². The Bertz CT molecular complexity index is 967. The number of benzene rings is 1. The average Bonchev–Trinajstić information content (AvgIpc) is 3.07. The van der Waals surface area contributed by atoms with E-state index >= 15 is 0 Å². The van der Waals surface area contributed by atoms with Crippen LogP contribution in [0.25, 0.3) is 11.3 Å². The molecule has 5 nitrogen and oxygen atoms in total. The first kappa shape index (κ1) is 17.4. The van der Waals surface area contributed by atoms with Gasteiger partial charge in [-0.2, -0.15) is 0 Å². The van der Waals surface area contributed by atoms with E-state index in [1.54, 1.807) is 18.5 Å². The predicted octanol–water partition coefficient (Wildman–Crippen LogP) is 2.89.